The molecule has 2 aromatic heterocycles. The van der Waals surface area contributed by atoms with Gasteiger partial charge < -0.3 is 0 Å². The Hall–Kier alpha value is -7.23. The lowest BCUT2D eigenvalue weighted by Crippen LogP contribution is -1.95. The summed E-state index contributed by atoms with van der Waals surface area (Å²) >= 11 is 0. The highest BCUT2D eigenvalue weighted by atomic mass is 14.9. The Balaban J connectivity index is 1.03. The van der Waals surface area contributed by atoms with E-state index in [4.69, 9.17) is 15.0 Å². The van der Waals surface area contributed by atoms with Crippen molar-refractivity contribution in [2.75, 3.05) is 0 Å². The van der Waals surface area contributed by atoms with Gasteiger partial charge in [0.1, 0.15) is 0 Å². The number of aromatic nitrogens is 3. The Kier molecular flexibility index (Phi) is 7.81. The van der Waals surface area contributed by atoms with E-state index in [1.165, 1.54) is 27.3 Å². The van der Waals surface area contributed by atoms with Crippen molar-refractivity contribution in [1.29, 1.82) is 0 Å². The average Bonchev–Trinajstić information content (AvgIpc) is 3.26. The first kappa shape index (κ1) is 31.5. The zero-order valence-corrected chi connectivity index (χ0v) is 29.4. The fraction of sp³-hybridized carbons (Fsp3) is 0. The predicted molar refractivity (Wildman–Crippen MR) is 225 cm³/mol. The summed E-state index contributed by atoms with van der Waals surface area (Å²) in [6.45, 7) is 0. The lowest BCUT2D eigenvalue weighted by molar-refractivity contribution is 1.18. The molecule has 252 valence electrons. The lowest BCUT2D eigenvalue weighted by Gasteiger charge is -2.15. The first-order chi connectivity index (χ1) is 26.8. The molecule has 3 heteroatoms. The molecule has 0 spiro atoms. The Morgan fingerprint density at radius 2 is 0.796 bits per heavy atom. The minimum Gasteiger partial charge on any atom is -0.247 e. The molecule has 0 amide bonds. The SMILES string of the molecule is c1ccc(-c2cc(-c3ccc(-c4ccc(-c5cccc6c(-c7cccc8ccccc78)nc7ccccc7c56)cc4)cc3)nc(-c3ccccc3)n2)cc1. The second-order valence-corrected chi connectivity index (χ2v) is 13.6. The molecular weight excluding hydrogens is 655 g/mol. The third-order valence-electron chi connectivity index (χ3n) is 10.3. The smallest absolute Gasteiger partial charge is 0.160 e. The van der Waals surface area contributed by atoms with Crippen LogP contribution >= 0.6 is 0 Å². The molecule has 0 radical (unpaired) electrons. The van der Waals surface area contributed by atoms with Crippen LogP contribution in [0, 0.1) is 0 Å². The number of nitrogens with zero attached hydrogens (tertiary/aromatic N) is 3. The van der Waals surface area contributed by atoms with Crippen molar-refractivity contribution in [1.82, 2.24) is 15.0 Å². The van der Waals surface area contributed by atoms with E-state index in [1.807, 2.05) is 36.4 Å². The molecule has 3 nitrogen and oxygen atoms in total. The first-order valence-corrected chi connectivity index (χ1v) is 18.3. The van der Waals surface area contributed by atoms with Crippen LogP contribution in [0.1, 0.15) is 0 Å². The van der Waals surface area contributed by atoms with E-state index >= 15 is 0 Å². The van der Waals surface area contributed by atoms with Crippen molar-refractivity contribution in [3.05, 3.63) is 200 Å². The number of benzene rings is 8. The van der Waals surface area contributed by atoms with Crippen molar-refractivity contribution in [3.8, 4) is 67.4 Å². The fourth-order valence-electron chi connectivity index (χ4n) is 7.62. The van der Waals surface area contributed by atoms with Crippen LogP contribution in [0.2, 0.25) is 0 Å². The third kappa shape index (κ3) is 5.69. The molecule has 0 aliphatic carbocycles. The van der Waals surface area contributed by atoms with Crippen molar-refractivity contribution in [3.63, 3.8) is 0 Å². The summed E-state index contributed by atoms with van der Waals surface area (Å²) in [5.41, 5.74) is 12.7. The number of pyridine rings is 1. The number of fused-ring (bicyclic) bond motifs is 4. The van der Waals surface area contributed by atoms with E-state index in [2.05, 4.69) is 164 Å². The van der Waals surface area contributed by atoms with Crippen LogP contribution < -0.4 is 0 Å². The monoisotopic (exact) mass is 687 g/mol. The molecule has 10 aromatic rings. The van der Waals surface area contributed by atoms with Crippen molar-refractivity contribution < 1.29 is 0 Å². The van der Waals surface area contributed by atoms with Gasteiger partial charge in [0.2, 0.25) is 0 Å². The summed E-state index contributed by atoms with van der Waals surface area (Å²) in [6, 6.07) is 70.4. The Labute approximate surface area is 313 Å². The number of hydrogen-bond acceptors (Lipinski definition) is 3. The van der Waals surface area contributed by atoms with Gasteiger partial charge in [0.15, 0.2) is 5.82 Å². The lowest BCUT2D eigenvalue weighted by atomic mass is 9.91. The summed E-state index contributed by atoms with van der Waals surface area (Å²) in [5, 5.41) is 5.94. The topological polar surface area (TPSA) is 38.7 Å². The van der Waals surface area contributed by atoms with Crippen LogP contribution in [-0.4, -0.2) is 15.0 Å². The second kappa shape index (κ2) is 13.4. The van der Waals surface area contributed by atoms with Gasteiger partial charge in [-0.25, -0.2) is 15.0 Å². The van der Waals surface area contributed by atoms with Gasteiger partial charge in [0, 0.05) is 38.4 Å². The molecule has 0 bridgehead atoms. The van der Waals surface area contributed by atoms with E-state index < -0.39 is 0 Å². The van der Waals surface area contributed by atoms with Gasteiger partial charge in [-0.1, -0.05) is 188 Å². The maximum atomic E-state index is 5.27. The third-order valence-corrected chi connectivity index (χ3v) is 10.3. The number of rotatable bonds is 6. The highest BCUT2D eigenvalue weighted by Gasteiger charge is 2.16. The minimum atomic E-state index is 0.716. The summed E-state index contributed by atoms with van der Waals surface area (Å²) in [7, 11) is 0. The van der Waals surface area contributed by atoms with E-state index in [-0.39, 0.29) is 0 Å². The molecule has 0 unspecified atom stereocenters. The molecule has 8 aromatic carbocycles. The molecule has 0 N–H and O–H groups in total. The number of hydrogen-bond donors (Lipinski definition) is 0. The van der Waals surface area contributed by atoms with Gasteiger partial charge in [-0.05, 0) is 45.2 Å². The summed E-state index contributed by atoms with van der Waals surface area (Å²) in [4.78, 5) is 15.2. The Morgan fingerprint density at radius 1 is 0.296 bits per heavy atom. The normalized spacial score (nSPS) is 11.3. The van der Waals surface area contributed by atoms with Crippen molar-refractivity contribution >= 4 is 32.4 Å². The molecule has 10 rings (SSSR count). The standard InChI is InChI=1S/C51H33N3/c1-3-14-38(15-4-1)47-33-48(54-51(53-47)40-16-5-2-6-17-40)39-31-27-35(28-32-39)34-25-29-37(30-26-34)42-21-12-23-45-49(42)44-20-9-10-24-46(44)52-50(45)43-22-11-18-36-13-7-8-19-41(36)43/h1-33H. The van der Waals surface area contributed by atoms with Crippen molar-refractivity contribution in [2.45, 2.75) is 0 Å². The fourth-order valence-corrected chi connectivity index (χ4v) is 7.62. The molecule has 0 saturated carbocycles. The highest BCUT2D eigenvalue weighted by Crippen LogP contribution is 2.41. The number of para-hydroxylation sites is 1. The van der Waals surface area contributed by atoms with Gasteiger partial charge in [-0.2, -0.15) is 0 Å². The van der Waals surface area contributed by atoms with Crippen LogP contribution in [0.25, 0.3) is 99.9 Å². The van der Waals surface area contributed by atoms with Gasteiger partial charge in [-0.3, -0.25) is 0 Å². The molecular formula is C51H33N3. The molecule has 0 saturated heterocycles. The van der Waals surface area contributed by atoms with Crippen LogP contribution in [0.5, 0.6) is 0 Å². The van der Waals surface area contributed by atoms with Crippen molar-refractivity contribution in [2.24, 2.45) is 0 Å². The predicted octanol–water partition coefficient (Wildman–Crippen LogP) is 13.3. The van der Waals surface area contributed by atoms with E-state index in [9.17, 15) is 0 Å². The molecule has 54 heavy (non-hydrogen) atoms. The average molecular weight is 688 g/mol. The molecule has 0 aliphatic heterocycles. The van der Waals surface area contributed by atoms with Gasteiger partial charge >= 0.3 is 0 Å². The summed E-state index contributed by atoms with van der Waals surface area (Å²) < 4.78 is 0. The van der Waals surface area contributed by atoms with Crippen LogP contribution in [0.4, 0.5) is 0 Å². The molecule has 0 fully saturated rings. The van der Waals surface area contributed by atoms with Gasteiger partial charge in [0.25, 0.3) is 0 Å². The van der Waals surface area contributed by atoms with Crippen LogP contribution in [0.15, 0.2) is 200 Å². The molecule has 0 atom stereocenters. The molecule has 0 aliphatic rings. The second-order valence-electron chi connectivity index (χ2n) is 13.6. The van der Waals surface area contributed by atoms with E-state index in [1.54, 1.807) is 0 Å². The highest BCUT2D eigenvalue weighted by molar-refractivity contribution is 6.18. The van der Waals surface area contributed by atoms with Crippen LogP contribution in [-0.2, 0) is 0 Å². The van der Waals surface area contributed by atoms with E-state index in [0.717, 1.165) is 66.8 Å². The zero-order chi connectivity index (χ0) is 35.8. The van der Waals surface area contributed by atoms with Gasteiger partial charge in [-0.15, -0.1) is 0 Å². The Morgan fingerprint density at radius 3 is 1.52 bits per heavy atom. The quantitative estimate of drug-likeness (QED) is 0.163. The Bertz CT molecular complexity index is 2890. The first-order valence-electron chi connectivity index (χ1n) is 18.3. The summed E-state index contributed by atoms with van der Waals surface area (Å²) in [6.07, 6.45) is 0. The minimum absolute atomic E-state index is 0.716. The maximum Gasteiger partial charge on any atom is 0.160 e. The summed E-state index contributed by atoms with van der Waals surface area (Å²) in [5.74, 6) is 0.716. The van der Waals surface area contributed by atoms with Crippen LogP contribution in [0.3, 0.4) is 0 Å². The largest absolute Gasteiger partial charge is 0.247 e. The maximum absolute atomic E-state index is 5.27. The van der Waals surface area contributed by atoms with E-state index in [0.29, 0.717) is 5.82 Å². The van der Waals surface area contributed by atoms with Gasteiger partial charge in [0.05, 0.1) is 22.6 Å². The molecule has 2 heterocycles. The zero-order valence-electron chi connectivity index (χ0n) is 29.4.